The molecule has 2 fully saturated rings. The number of benzene rings is 1. The van der Waals surface area contributed by atoms with Crippen LogP contribution in [0, 0.1) is 11.2 Å². The van der Waals surface area contributed by atoms with Gasteiger partial charge in [-0.15, -0.1) is 0 Å². The molecule has 2 aliphatic rings. The summed E-state index contributed by atoms with van der Waals surface area (Å²) in [6.07, 6.45) is 7.64. The maximum absolute atomic E-state index is 13.5. The minimum atomic E-state index is -0.456. The normalized spacial score (nSPS) is 23.6. The van der Waals surface area contributed by atoms with Crippen LogP contribution in [0.15, 0.2) is 42.7 Å². The van der Waals surface area contributed by atoms with Gasteiger partial charge in [0, 0.05) is 24.2 Å². The second kappa shape index (κ2) is 8.16. The summed E-state index contributed by atoms with van der Waals surface area (Å²) in [6, 6.07) is 7.70. The van der Waals surface area contributed by atoms with E-state index in [0.717, 1.165) is 12.8 Å². The van der Waals surface area contributed by atoms with Gasteiger partial charge in [0.2, 0.25) is 5.91 Å². The molecule has 1 aliphatic carbocycles. The largest absolute Gasteiger partial charge is 0.348 e. The molecule has 1 saturated carbocycles. The zero-order valence-electron chi connectivity index (χ0n) is 17.4. The van der Waals surface area contributed by atoms with Crippen LogP contribution in [-0.4, -0.2) is 39.0 Å². The van der Waals surface area contributed by atoms with Gasteiger partial charge in [0.1, 0.15) is 11.5 Å². The summed E-state index contributed by atoms with van der Waals surface area (Å²) in [5.41, 5.74) is 1.12. The lowest BCUT2D eigenvalue weighted by Crippen LogP contribution is -2.52. The van der Waals surface area contributed by atoms with Gasteiger partial charge in [0.15, 0.2) is 5.65 Å². The number of nitrogens with zero attached hydrogens (tertiary/aromatic N) is 4. The Hall–Kier alpha value is -3.00. The molecule has 1 N–H and O–H groups in total. The number of carbonyl (C=O) groups excluding carboxylic acids is 2. The molecule has 0 atom stereocenters. The zero-order chi connectivity index (χ0) is 22.3. The zero-order valence-corrected chi connectivity index (χ0v) is 18.2. The van der Waals surface area contributed by atoms with Crippen molar-refractivity contribution >= 4 is 34.7 Å². The number of aromatic nitrogens is 3. The molecule has 5 rings (SSSR count). The third kappa shape index (κ3) is 3.62. The van der Waals surface area contributed by atoms with Crippen LogP contribution in [0.3, 0.4) is 0 Å². The fourth-order valence-corrected chi connectivity index (χ4v) is 5.29. The molecule has 9 heteroatoms. The number of amides is 2. The smallest absolute Gasteiger partial charge is 0.271 e. The van der Waals surface area contributed by atoms with Crippen LogP contribution in [0.2, 0.25) is 5.02 Å². The van der Waals surface area contributed by atoms with Gasteiger partial charge >= 0.3 is 0 Å². The molecule has 7 nitrogen and oxygen atoms in total. The van der Waals surface area contributed by atoms with Crippen molar-refractivity contribution in [3.63, 3.8) is 0 Å². The monoisotopic (exact) mass is 455 g/mol. The Labute approximate surface area is 189 Å². The number of imidazole rings is 1. The van der Waals surface area contributed by atoms with E-state index in [1.165, 1.54) is 22.8 Å². The summed E-state index contributed by atoms with van der Waals surface area (Å²) in [5.74, 6) is -0.588. The van der Waals surface area contributed by atoms with Gasteiger partial charge in [-0.3, -0.25) is 9.59 Å². The molecule has 0 radical (unpaired) electrons. The molecule has 0 unspecified atom stereocenters. The number of fused-ring (bicyclic) bond motifs is 1. The van der Waals surface area contributed by atoms with Crippen LogP contribution in [-0.2, 0) is 4.79 Å². The lowest BCUT2D eigenvalue weighted by Gasteiger charge is -2.45. The van der Waals surface area contributed by atoms with E-state index >= 15 is 0 Å². The highest BCUT2D eigenvalue weighted by atomic mass is 35.5. The van der Waals surface area contributed by atoms with Gasteiger partial charge in [0.05, 0.1) is 16.9 Å². The quantitative estimate of drug-likeness (QED) is 0.647. The molecule has 3 aromatic rings. The van der Waals surface area contributed by atoms with Crippen molar-refractivity contribution in [2.45, 2.75) is 44.6 Å². The number of halogens is 2. The minimum Gasteiger partial charge on any atom is -0.348 e. The lowest BCUT2D eigenvalue weighted by atomic mass is 9.67. The highest BCUT2D eigenvalue weighted by molar-refractivity contribution is 6.33. The maximum atomic E-state index is 13.5. The van der Waals surface area contributed by atoms with Crippen molar-refractivity contribution in [3.8, 4) is 0 Å². The molecular formula is C23H23ClFN5O2. The summed E-state index contributed by atoms with van der Waals surface area (Å²) >= 11 is 6.23. The minimum absolute atomic E-state index is 0.0139. The highest BCUT2D eigenvalue weighted by Gasteiger charge is 2.46. The van der Waals surface area contributed by atoms with Crippen LogP contribution >= 0.6 is 11.6 Å². The van der Waals surface area contributed by atoms with Gasteiger partial charge in [-0.05, 0) is 68.9 Å². The van der Waals surface area contributed by atoms with Crippen molar-refractivity contribution in [2.75, 3.05) is 11.4 Å². The Kier molecular flexibility index (Phi) is 5.33. The number of nitrogens with one attached hydrogen (secondary N) is 1. The van der Waals surface area contributed by atoms with Gasteiger partial charge in [-0.1, -0.05) is 11.6 Å². The highest BCUT2D eigenvalue weighted by Crippen LogP contribution is 2.46. The molecule has 32 heavy (non-hydrogen) atoms. The average molecular weight is 456 g/mol. The number of rotatable bonds is 3. The van der Waals surface area contributed by atoms with Crippen molar-refractivity contribution in [1.82, 2.24) is 19.9 Å². The summed E-state index contributed by atoms with van der Waals surface area (Å²) in [6.45, 7) is 0.577. The van der Waals surface area contributed by atoms with E-state index in [9.17, 15) is 14.0 Å². The molecule has 166 valence electrons. The first kappa shape index (κ1) is 20.9. The second-order valence-corrected chi connectivity index (χ2v) is 9.03. The van der Waals surface area contributed by atoms with Crippen LogP contribution in [0.25, 0.3) is 5.65 Å². The fourth-order valence-electron chi connectivity index (χ4n) is 5.02. The van der Waals surface area contributed by atoms with E-state index in [1.807, 2.05) is 0 Å². The van der Waals surface area contributed by atoms with E-state index in [4.69, 9.17) is 11.6 Å². The van der Waals surface area contributed by atoms with E-state index in [1.54, 1.807) is 29.3 Å². The predicted octanol–water partition coefficient (Wildman–Crippen LogP) is 4.01. The molecule has 1 spiro atoms. The Balaban J connectivity index is 1.27. The van der Waals surface area contributed by atoms with E-state index in [-0.39, 0.29) is 22.9 Å². The van der Waals surface area contributed by atoms with Crippen LogP contribution in [0.5, 0.6) is 0 Å². The predicted molar refractivity (Wildman–Crippen MR) is 118 cm³/mol. The number of anilines is 1. The molecule has 3 heterocycles. The fraction of sp³-hybridized carbons (Fsp3) is 0.391. The Morgan fingerprint density at radius 3 is 2.81 bits per heavy atom. The summed E-state index contributed by atoms with van der Waals surface area (Å²) in [7, 11) is 0. The van der Waals surface area contributed by atoms with E-state index in [0.29, 0.717) is 49.3 Å². The molecule has 2 aromatic heterocycles. The number of hydrogen-bond donors (Lipinski definition) is 1. The van der Waals surface area contributed by atoms with Crippen molar-refractivity contribution in [3.05, 3.63) is 59.3 Å². The van der Waals surface area contributed by atoms with Gasteiger partial charge in [-0.25, -0.2) is 13.9 Å². The lowest BCUT2D eigenvalue weighted by molar-refractivity contribution is -0.132. The summed E-state index contributed by atoms with van der Waals surface area (Å²) < 4.78 is 15.0. The molecular weight excluding hydrogens is 433 g/mol. The van der Waals surface area contributed by atoms with Gasteiger partial charge in [-0.2, -0.15) is 5.10 Å². The summed E-state index contributed by atoms with van der Waals surface area (Å²) in [5, 5.41) is 7.52. The SMILES string of the molecule is O=C(NC1CCC2(CCCN(c3ccc(F)cc3Cl)C2=O)CC1)c1cnc2cccnn12. The first-order chi connectivity index (χ1) is 15.5. The van der Waals surface area contributed by atoms with Crippen LogP contribution in [0.4, 0.5) is 10.1 Å². The van der Waals surface area contributed by atoms with Crippen LogP contribution < -0.4 is 10.2 Å². The molecule has 1 aliphatic heterocycles. The number of hydrogen-bond acceptors (Lipinski definition) is 4. The van der Waals surface area contributed by atoms with Crippen molar-refractivity contribution < 1.29 is 14.0 Å². The third-order valence-corrected chi connectivity index (χ3v) is 7.03. The second-order valence-electron chi connectivity index (χ2n) is 8.62. The molecule has 1 aromatic carbocycles. The van der Waals surface area contributed by atoms with Crippen molar-refractivity contribution in [2.24, 2.45) is 5.41 Å². The Morgan fingerprint density at radius 2 is 2.03 bits per heavy atom. The topological polar surface area (TPSA) is 79.6 Å². The number of carbonyl (C=O) groups is 2. The average Bonchev–Trinajstić information content (AvgIpc) is 3.22. The molecule has 1 saturated heterocycles. The third-order valence-electron chi connectivity index (χ3n) is 6.72. The Morgan fingerprint density at radius 1 is 1.22 bits per heavy atom. The maximum Gasteiger partial charge on any atom is 0.271 e. The molecule has 2 amide bonds. The summed E-state index contributed by atoms with van der Waals surface area (Å²) in [4.78, 5) is 32.2. The first-order valence-corrected chi connectivity index (χ1v) is 11.2. The van der Waals surface area contributed by atoms with E-state index < -0.39 is 11.2 Å². The number of piperidine rings is 1. The van der Waals surface area contributed by atoms with Crippen LogP contribution in [0.1, 0.15) is 49.0 Å². The first-order valence-electron chi connectivity index (χ1n) is 10.8. The van der Waals surface area contributed by atoms with Gasteiger partial charge in [0.25, 0.3) is 5.91 Å². The standard InChI is InChI=1S/C23H23ClFN5O2/c24-17-13-15(25)4-5-18(17)29-12-2-8-23(22(29)32)9-6-16(7-10-23)28-21(31)19-14-26-20-3-1-11-27-30(19)20/h1,3-5,11,13-14,16H,2,6-10,12H2,(H,28,31). The van der Waals surface area contributed by atoms with Crippen molar-refractivity contribution in [1.29, 1.82) is 0 Å². The van der Waals surface area contributed by atoms with E-state index in [2.05, 4.69) is 15.4 Å². The Bertz CT molecular complexity index is 1190. The molecule has 0 bridgehead atoms. The van der Waals surface area contributed by atoms with Gasteiger partial charge < -0.3 is 10.2 Å².